The first-order valence-corrected chi connectivity index (χ1v) is 7.53. The van der Waals surface area contributed by atoms with Gasteiger partial charge in [-0.3, -0.25) is 4.90 Å². The predicted octanol–water partition coefficient (Wildman–Crippen LogP) is 0.398. The Morgan fingerprint density at radius 2 is 1.71 bits per heavy atom. The molecule has 1 saturated heterocycles. The Balaban J connectivity index is 1.97. The molecule has 0 radical (unpaired) electrons. The molecule has 0 unspecified atom stereocenters. The summed E-state index contributed by atoms with van der Waals surface area (Å²) in [5.74, 6) is 0. The quantitative estimate of drug-likeness (QED) is 0.734. The van der Waals surface area contributed by atoms with Crippen molar-refractivity contribution in [2.75, 3.05) is 26.2 Å². The van der Waals surface area contributed by atoms with Crippen LogP contribution >= 0.6 is 0 Å². The zero-order chi connectivity index (χ0) is 12.7. The van der Waals surface area contributed by atoms with Crippen molar-refractivity contribution in [3.8, 4) is 6.07 Å². The maximum Gasteiger partial charge on any atom is 0.217 e. The van der Waals surface area contributed by atoms with E-state index in [2.05, 4.69) is 6.07 Å². The number of piperazine rings is 1. The van der Waals surface area contributed by atoms with E-state index in [-0.39, 0.29) is 5.25 Å². The van der Waals surface area contributed by atoms with Crippen molar-refractivity contribution >= 4 is 10.0 Å². The van der Waals surface area contributed by atoms with Gasteiger partial charge in [-0.2, -0.15) is 9.57 Å². The summed E-state index contributed by atoms with van der Waals surface area (Å²) < 4.78 is 25.6. The second kappa shape index (κ2) is 4.23. The predicted molar refractivity (Wildman–Crippen MR) is 64.8 cm³/mol. The number of nitriles is 1. The summed E-state index contributed by atoms with van der Waals surface area (Å²) in [4.78, 5) is 2.05. The van der Waals surface area contributed by atoms with Crippen LogP contribution < -0.4 is 0 Å². The van der Waals surface area contributed by atoms with E-state index in [4.69, 9.17) is 5.26 Å². The zero-order valence-electron chi connectivity index (χ0n) is 10.4. The number of nitrogens with zero attached hydrogens (tertiary/aromatic N) is 3. The van der Waals surface area contributed by atoms with Gasteiger partial charge < -0.3 is 0 Å². The Bertz CT molecular complexity index is 426. The fraction of sp³-hybridized carbons (Fsp3) is 0.909. The summed E-state index contributed by atoms with van der Waals surface area (Å²) >= 11 is 0. The normalized spacial score (nSPS) is 24.5. The molecule has 6 heteroatoms. The molecule has 1 aliphatic heterocycles. The molecule has 0 bridgehead atoms. The molecule has 1 aliphatic carbocycles. The van der Waals surface area contributed by atoms with Gasteiger partial charge in [0, 0.05) is 26.2 Å². The summed E-state index contributed by atoms with van der Waals surface area (Å²) in [7, 11) is -3.04. The largest absolute Gasteiger partial charge is 0.283 e. The van der Waals surface area contributed by atoms with Crippen molar-refractivity contribution in [3.63, 3.8) is 0 Å². The fourth-order valence-corrected chi connectivity index (χ4v) is 3.97. The molecule has 2 rings (SSSR count). The zero-order valence-corrected chi connectivity index (χ0v) is 11.2. The molecule has 0 N–H and O–H groups in total. The fourth-order valence-electron chi connectivity index (χ4n) is 2.15. The van der Waals surface area contributed by atoms with Crippen LogP contribution in [0.1, 0.15) is 26.7 Å². The number of sulfonamides is 1. The highest BCUT2D eigenvalue weighted by Crippen LogP contribution is 2.31. The minimum Gasteiger partial charge on any atom is -0.283 e. The molecule has 2 aliphatic rings. The van der Waals surface area contributed by atoms with Gasteiger partial charge in [0.1, 0.15) is 5.54 Å². The van der Waals surface area contributed by atoms with Gasteiger partial charge in [-0.05, 0) is 26.7 Å². The maximum absolute atomic E-state index is 12.0. The molecular weight excluding hydrogens is 238 g/mol. The highest BCUT2D eigenvalue weighted by molar-refractivity contribution is 7.90. The molecule has 0 aromatic rings. The second-order valence-corrected chi connectivity index (χ2v) is 7.51. The highest BCUT2D eigenvalue weighted by Gasteiger charge is 2.42. The van der Waals surface area contributed by atoms with Crippen LogP contribution in [0.2, 0.25) is 0 Å². The van der Waals surface area contributed by atoms with E-state index in [9.17, 15) is 8.42 Å². The standard InChI is InChI=1S/C11H19N3O2S/c1-11(2,9-12)13-5-7-14(8-6-13)17(15,16)10-3-4-10/h10H,3-8H2,1-2H3. The van der Waals surface area contributed by atoms with Gasteiger partial charge in [0.25, 0.3) is 0 Å². The Morgan fingerprint density at radius 1 is 1.18 bits per heavy atom. The molecular formula is C11H19N3O2S. The van der Waals surface area contributed by atoms with Gasteiger partial charge in [0.15, 0.2) is 0 Å². The number of hydrogen-bond donors (Lipinski definition) is 0. The number of hydrogen-bond acceptors (Lipinski definition) is 4. The van der Waals surface area contributed by atoms with E-state index in [1.54, 1.807) is 4.31 Å². The highest BCUT2D eigenvalue weighted by atomic mass is 32.2. The van der Waals surface area contributed by atoms with Crippen molar-refractivity contribution < 1.29 is 8.42 Å². The van der Waals surface area contributed by atoms with E-state index in [1.807, 2.05) is 18.7 Å². The van der Waals surface area contributed by atoms with Crippen LogP contribution in [0.5, 0.6) is 0 Å². The Labute approximate surface area is 103 Å². The summed E-state index contributed by atoms with van der Waals surface area (Å²) in [6.07, 6.45) is 1.62. The van der Waals surface area contributed by atoms with Crippen molar-refractivity contribution in [3.05, 3.63) is 0 Å². The van der Waals surface area contributed by atoms with Crippen molar-refractivity contribution in [1.82, 2.24) is 9.21 Å². The molecule has 0 amide bonds. The van der Waals surface area contributed by atoms with Gasteiger partial charge in [-0.1, -0.05) is 0 Å². The Hall–Kier alpha value is -0.640. The smallest absolute Gasteiger partial charge is 0.217 e. The lowest BCUT2D eigenvalue weighted by Crippen LogP contribution is -2.55. The van der Waals surface area contributed by atoms with E-state index in [0.717, 1.165) is 12.8 Å². The van der Waals surface area contributed by atoms with E-state index in [0.29, 0.717) is 26.2 Å². The van der Waals surface area contributed by atoms with E-state index in [1.165, 1.54) is 0 Å². The first-order chi connectivity index (χ1) is 7.88. The molecule has 96 valence electrons. The van der Waals surface area contributed by atoms with E-state index < -0.39 is 15.6 Å². The van der Waals surface area contributed by atoms with Crippen LogP contribution in [-0.2, 0) is 10.0 Å². The molecule has 0 aromatic heterocycles. The Morgan fingerprint density at radius 3 is 2.12 bits per heavy atom. The van der Waals surface area contributed by atoms with Crippen molar-refractivity contribution in [2.24, 2.45) is 0 Å². The molecule has 0 atom stereocenters. The number of rotatable bonds is 3. The summed E-state index contributed by atoms with van der Waals surface area (Å²) in [6, 6.07) is 2.26. The molecule has 5 nitrogen and oxygen atoms in total. The SMILES string of the molecule is CC(C)(C#N)N1CCN(S(=O)(=O)C2CC2)CC1. The average Bonchev–Trinajstić information content (AvgIpc) is 3.13. The molecule has 1 saturated carbocycles. The van der Waals surface area contributed by atoms with Gasteiger partial charge in [0.2, 0.25) is 10.0 Å². The van der Waals surface area contributed by atoms with Crippen LogP contribution in [0.4, 0.5) is 0 Å². The molecule has 2 fully saturated rings. The van der Waals surface area contributed by atoms with Crippen LogP contribution in [0.25, 0.3) is 0 Å². The van der Waals surface area contributed by atoms with Crippen molar-refractivity contribution in [2.45, 2.75) is 37.5 Å². The maximum atomic E-state index is 12.0. The lowest BCUT2D eigenvalue weighted by atomic mass is 10.0. The topological polar surface area (TPSA) is 64.4 Å². The minimum absolute atomic E-state index is 0.127. The third-order valence-corrected chi connectivity index (χ3v) is 6.01. The molecule has 0 spiro atoms. The summed E-state index contributed by atoms with van der Waals surface area (Å²) in [5.41, 5.74) is -0.505. The minimum atomic E-state index is -3.04. The average molecular weight is 257 g/mol. The van der Waals surface area contributed by atoms with Gasteiger partial charge in [0.05, 0.1) is 11.3 Å². The van der Waals surface area contributed by atoms with Crippen LogP contribution in [0.3, 0.4) is 0 Å². The summed E-state index contributed by atoms with van der Waals surface area (Å²) in [5, 5.41) is 8.92. The van der Waals surface area contributed by atoms with Crippen LogP contribution in [-0.4, -0.2) is 54.6 Å². The van der Waals surface area contributed by atoms with E-state index >= 15 is 0 Å². The third-order valence-electron chi connectivity index (χ3n) is 3.61. The first kappa shape index (κ1) is 12.8. The van der Waals surface area contributed by atoms with Crippen molar-refractivity contribution in [1.29, 1.82) is 5.26 Å². The Kier molecular flexibility index (Phi) is 3.19. The second-order valence-electron chi connectivity index (χ2n) is 5.30. The summed E-state index contributed by atoms with van der Waals surface area (Å²) in [6.45, 7) is 6.07. The van der Waals surface area contributed by atoms with Crippen LogP contribution in [0, 0.1) is 11.3 Å². The third kappa shape index (κ3) is 2.46. The molecule has 1 heterocycles. The lowest BCUT2D eigenvalue weighted by Gasteiger charge is -2.39. The lowest BCUT2D eigenvalue weighted by molar-refractivity contribution is 0.115. The molecule has 0 aromatic carbocycles. The van der Waals surface area contributed by atoms with Crippen LogP contribution in [0.15, 0.2) is 0 Å². The molecule has 17 heavy (non-hydrogen) atoms. The van der Waals surface area contributed by atoms with Gasteiger partial charge >= 0.3 is 0 Å². The monoisotopic (exact) mass is 257 g/mol. The first-order valence-electron chi connectivity index (χ1n) is 6.03. The van der Waals surface area contributed by atoms with Gasteiger partial charge in [-0.25, -0.2) is 8.42 Å². The van der Waals surface area contributed by atoms with Gasteiger partial charge in [-0.15, -0.1) is 0 Å².